The van der Waals surface area contributed by atoms with Crippen LogP contribution in [0.4, 0.5) is 0 Å². The van der Waals surface area contributed by atoms with E-state index >= 15 is 0 Å². The predicted molar refractivity (Wildman–Crippen MR) is 61.0 cm³/mol. The summed E-state index contributed by atoms with van der Waals surface area (Å²) in [6, 6.07) is 0. The lowest BCUT2D eigenvalue weighted by molar-refractivity contribution is -0.151. The second kappa shape index (κ2) is 7.25. The van der Waals surface area contributed by atoms with Crippen LogP contribution in [0.5, 0.6) is 0 Å². The van der Waals surface area contributed by atoms with Crippen molar-refractivity contribution in [2.45, 2.75) is 53.1 Å². The molecule has 1 fully saturated rings. The Hall–Kier alpha value is -1.06. The average Bonchev–Trinajstić information content (AvgIpc) is 2.09. The van der Waals surface area contributed by atoms with Crippen molar-refractivity contribution in [1.82, 2.24) is 0 Å². The molecule has 0 amide bonds. The molecular formula is C12H22O4. The molecular weight excluding hydrogens is 208 g/mol. The number of aliphatic carboxylic acids is 1. The van der Waals surface area contributed by atoms with Gasteiger partial charge < -0.3 is 9.84 Å². The van der Waals surface area contributed by atoms with Crippen molar-refractivity contribution in [3.8, 4) is 0 Å². The molecule has 0 aliphatic heterocycles. The number of carboxylic acid groups (broad SMARTS) is 1. The largest absolute Gasteiger partial charge is 0.481 e. The zero-order valence-corrected chi connectivity index (χ0v) is 10.5. The third-order valence-electron chi connectivity index (χ3n) is 2.70. The molecule has 94 valence electrons. The highest BCUT2D eigenvalue weighted by atomic mass is 16.5. The van der Waals surface area contributed by atoms with E-state index in [1.165, 1.54) is 19.8 Å². The zero-order chi connectivity index (χ0) is 12.7. The first kappa shape index (κ1) is 14.9. The Labute approximate surface area is 97.0 Å². The third-order valence-corrected chi connectivity index (χ3v) is 2.70. The van der Waals surface area contributed by atoms with Gasteiger partial charge in [0.25, 0.3) is 5.97 Å². The summed E-state index contributed by atoms with van der Waals surface area (Å²) in [5.41, 5.74) is 0. The van der Waals surface area contributed by atoms with Gasteiger partial charge in [-0.2, -0.15) is 0 Å². The summed E-state index contributed by atoms with van der Waals surface area (Å²) in [5.74, 6) is 0.289. The van der Waals surface area contributed by atoms with Crippen molar-refractivity contribution < 1.29 is 19.4 Å². The maximum absolute atomic E-state index is 10.7. The minimum Gasteiger partial charge on any atom is -0.481 e. The van der Waals surface area contributed by atoms with Crippen LogP contribution in [0.25, 0.3) is 0 Å². The Morgan fingerprint density at radius 1 is 1.19 bits per heavy atom. The van der Waals surface area contributed by atoms with Gasteiger partial charge in [-0.05, 0) is 24.7 Å². The summed E-state index contributed by atoms with van der Waals surface area (Å²) in [7, 11) is 0. The van der Waals surface area contributed by atoms with Crippen molar-refractivity contribution in [2.75, 3.05) is 0 Å². The molecule has 1 N–H and O–H groups in total. The van der Waals surface area contributed by atoms with Crippen LogP contribution in [0.3, 0.4) is 0 Å². The second-order valence-corrected chi connectivity index (χ2v) is 4.56. The smallest absolute Gasteiger partial charge is 0.302 e. The highest BCUT2D eigenvalue weighted by molar-refractivity contribution is 5.66. The summed E-state index contributed by atoms with van der Waals surface area (Å²) < 4.78 is 5.23. The van der Waals surface area contributed by atoms with E-state index in [-0.39, 0.29) is 12.1 Å². The van der Waals surface area contributed by atoms with Crippen LogP contribution >= 0.6 is 0 Å². The highest BCUT2D eigenvalue weighted by Gasteiger charge is 2.27. The van der Waals surface area contributed by atoms with Gasteiger partial charge in [-0.15, -0.1) is 0 Å². The van der Waals surface area contributed by atoms with Gasteiger partial charge in [0.15, 0.2) is 0 Å². The Kier molecular flexibility index (Phi) is 6.77. The second-order valence-electron chi connectivity index (χ2n) is 4.56. The SMILES string of the molecule is CC(=O)O.CC(=O)OC1CC(C)CCC1C. The van der Waals surface area contributed by atoms with Crippen LogP contribution in [0.1, 0.15) is 47.0 Å². The molecule has 0 aromatic carbocycles. The Morgan fingerprint density at radius 2 is 1.69 bits per heavy atom. The fourth-order valence-corrected chi connectivity index (χ4v) is 1.86. The van der Waals surface area contributed by atoms with Crippen LogP contribution in [-0.2, 0) is 14.3 Å². The normalized spacial score (nSPS) is 28.6. The molecule has 4 nitrogen and oxygen atoms in total. The van der Waals surface area contributed by atoms with Crippen molar-refractivity contribution in [2.24, 2.45) is 11.8 Å². The standard InChI is InChI=1S/C10H18O2.C2H4O2/c1-7-4-5-8(2)10(6-7)12-9(3)11;1-2(3)4/h7-8,10H,4-6H2,1-3H3;1H3,(H,3,4). The fraction of sp³-hybridized carbons (Fsp3) is 0.833. The monoisotopic (exact) mass is 230 g/mol. The van der Waals surface area contributed by atoms with E-state index in [4.69, 9.17) is 14.6 Å². The Balaban J connectivity index is 0.000000487. The van der Waals surface area contributed by atoms with Crippen LogP contribution in [0.2, 0.25) is 0 Å². The van der Waals surface area contributed by atoms with Crippen molar-refractivity contribution in [3.05, 3.63) is 0 Å². The number of esters is 1. The van der Waals surface area contributed by atoms with Crippen molar-refractivity contribution in [3.63, 3.8) is 0 Å². The highest BCUT2D eigenvalue weighted by Crippen LogP contribution is 2.30. The van der Waals surface area contributed by atoms with Gasteiger partial charge in [-0.25, -0.2) is 0 Å². The number of ether oxygens (including phenoxy) is 1. The van der Waals surface area contributed by atoms with Gasteiger partial charge in [0.2, 0.25) is 0 Å². The number of carboxylic acids is 1. The summed E-state index contributed by atoms with van der Waals surface area (Å²) in [5, 5.41) is 7.42. The quantitative estimate of drug-likeness (QED) is 0.703. The minimum absolute atomic E-state index is 0.138. The van der Waals surface area contributed by atoms with Crippen LogP contribution < -0.4 is 0 Å². The van der Waals surface area contributed by atoms with Crippen LogP contribution in [-0.4, -0.2) is 23.1 Å². The number of hydrogen-bond acceptors (Lipinski definition) is 3. The summed E-state index contributed by atoms with van der Waals surface area (Å²) >= 11 is 0. The Morgan fingerprint density at radius 3 is 2.12 bits per heavy atom. The number of carbonyl (C=O) groups is 2. The van der Waals surface area contributed by atoms with E-state index in [1.807, 2.05) is 0 Å². The van der Waals surface area contributed by atoms with Gasteiger partial charge in [-0.3, -0.25) is 9.59 Å². The first-order chi connectivity index (χ1) is 7.32. The fourth-order valence-electron chi connectivity index (χ4n) is 1.86. The minimum atomic E-state index is -0.833. The van der Waals surface area contributed by atoms with Gasteiger partial charge >= 0.3 is 5.97 Å². The van der Waals surface area contributed by atoms with Gasteiger partial charge in [0, 0.05) is 13.8 Å². The molecule has 1 rings (SSSR count). The van der Waals surface area contributed by atoms with E-state index in [9.17, 15) is 4.79 Å². The molecule has 0 heterocycles. The topological polar surface area (TPSA) is 63.6 Å². The molecule has 16 heavy (non-hydrogen) atoms. The lowest BCUT2D eigenvalue weighted by atomic mass is 9.82. The summed E-state index contributed by atoms with van der Waals surface area (Å²) in [6.07, 6.45) is 3.69. The number of rotatable bonds is 1. The van der Waals surface area contributed by atoms with E-state index in [2.05, 4.69) is 13.8 Å². The molecule has 0 aromatic rings. The molecule has 1 saturated carbocycles. The maximum Gasteiger partial charge on any atom is 0.302 e. The maximum atomic E-state index is 10.7. The summed E-state index contributed by atoms with van der Waals surface area (Å²) in [4.78, 5) is 19.7. The summed E-state index contributed by atoms with van der Waals surface area (Å²) in [6.45, 7) is 6.97. The van der Waals surface area contributed by atoms with Gasteiger partial charge in [0.1, 0.15) is 6.10 Å². The van der Waals surface area contributed by atoms with E-state index in [0.29, 0.717) is 11.8 Å². The van der Waals surface area contributed by atoms with E-state index < -0.39 is 5.97 Å². The predicted octanol–water partition coefficient (Wildman–Crippen LogP) is 2.47. The first-order valence-corrected chi connectivity index (χ1v) is 5.69. The molecule has 4 heteroatoms. The van der Waals surface area contributed by atoms with E-state index in [0.717, 1.165) is 13.3 Å². The molecule has 0 aromatic heterocycles. The molecule has 1 aliphatic rings. The molecule has 0 radical (unpaired) electrons. The average molecular weight is 230 g/mol. The molecule has 3 atom stereocenters. The van der Waals surface area contributed by atoms with Gasteiger partial charge in [0.05, 0.1) is 0 Å². The third kappa shape index (κ3) is 7.26. The first-order valence-electron chi connectivity index (χ1n) is 5.69. The molecule has 1 aliphatic carbocycles. The molecule has 0 spiro atoms. The lowest BCUT2D eigenvalue weighted by Gasteiger charge is -2.31. The van der Waals surface area contributed by atoms with Crippen LogP contribution in [0, 0.1) is 11.8 Å². The molecule has 0 saturated heterocycles. The molecule has 0 bridgehead atoms. The Bertz CT molecular complexity index is 233. The number of hydrogen-bond donors (Lipinski definition) is 1. The van der Waals surface area contributed by atoms with Gasteiger partial charge in [-0.1, -0.05) is 20.3 Å². The molecule has 3 unspecified atom stereocenters. The van der Waals surface area contributed by atoms with Crippen molar-refractivity contribution >= 4 is 11.9 Å². The lowest BCUT2D eigenvalue weighted by Crippen LogP contribution is -2.30. The van der Waals surface area contributed by atoms with Crippen LogP contribution in [0.15, 0.2) is 0 Å². The van der Waals surface area contributed by atoms with E-state index in [1.54, 1.807) is 0 Å². The van der Waals surface area contributed by atoms with Crippen molar-refractivity contribution in [1.29, 1.82) is 0 Å². The zero-order valence-electron chi connectivity index (χ0n) is 10.5. The number of carbonyl (C=O) groups excluding carboxylic acids is 1.